The number of hydrogen-bond acceptors (Lipinski definition) is 8. The Balaban J connectivity index is 0.929. The summed E-state index contributed by atoms with van der Waals surface area (Å²) in [4.78, 5) is 14.6. The molecule has 14 atom stereocenters. The lowest BCUT2D eigenvalue weighted by atomic mass is 9.33. The fraction of sp³-hybridized carbons (Fsp3) is 0.585. The predicted molar refractivity (Wildman–Crippen MR) is 286 cm³/mol. The number of aliphatic hydroxyl groups is 2. The third-order valence-electron chi connectivity index (χ3n) is 20.8. The SMILES string of the molecule is CC1(C)CC[C@]2(C(=O)OCc3ccccc3)CC[C@]3(C)C(=CCC4[C@@]5(C)CC[C@@H](C(O)[C@@H]6OC(COCc7ccccc7)[C@@H](O)C(OCc7ccccc7)C6OCc6ccccc6)C(C)(C)C5CC[C@]43C)C2C1. The normalized spacial score (nSPS) is 36.8. The van der Waals surface area contributed by atoms with E-state index in [1.54, 1.807) is 0 Å². The first-order valence-electron chi connectivity index (χ1n) is 27.9. The number of hydrogen-bond donors (Lipinski definition) is 2. The average molecular weight is 993 g/mol. The summed E-state index contributed by atoms with van der Waals surface area (Å²) >= 11 is 0. The van der Waals surface area contributed by atoms with Crippen LogP contribution in [0.3, 0.4) is 0 Å². The molecule has 2 N–H and O–H groups in total. The maximum Gasteiger partial charge on any atom is 0.313 e. The Bertz CT molecular complexity index is 2510. The first kappa shape index (κ1) is 52.3. The van der Waals surface area contributed by atoms with E-state index in [1.807, 2.05) is 121 Å². The molecule has 1 aliphatic heterocycles. The van der Waals surface area contributed by atoms with Gasteiger partial charge in [0.2, 0.25) is 0 Å². The Labute approximate surface area is 436 Å². The van der Waals surface area contributed by atoms with Crippen molar-refractivity contribution in [2.45, 2.75) is 176 Å². The fourth-order valence-corrected chi connectivity index (χ4v) is 16.5. The predicted octanol–water partition coefficient (Wildman–Crippen LogP) is 13.0. The molecule has 4 aromatic carbocycles. The first-order valence-corrected chi connectivity index (χ1v) is 27.9. The lowest BCUT2D eigenvalue weighted by Crippen LogP contribution is -2.67. The maximum atomic E-state index is 14.6. The van der Waals surface area contributed by atoms with Gasteiger partial charge in [0, 0.05) is 0 Å². The molecule has 0 aromatic heterocycles. The molecular formula is C65H84O8. The molecule has 4 saturated carbocycles. The van der Waals surface area contributed by atoms with Gasteiger partial charge in [0.1, 0.15) is 37.1 Å². The fourth-order valence-electron chi connectivity index (χ4n) is 16.5. The first-order chi connectivity index (χ1) is 35.0. The smallest absolute Gasteiger partial charge is 0.313 e. The van der Waals surface area contributed by atoms with Gasteiger partial charge in [-0.1, -0.05) is 181 Å². The molecule has 0 radical (unpaired) electrons. The van der Waals surface area contributed by atoms with Crippen molar-refractivity contribution in [1.29, 1.82) is 0 Å². The third kappa shape index (κ3) is 9.73. The molecule has 5 fully saturated rings. The highest BCUT2D eigenvalue weighted by molar-refractivity contribution is 5.79. The lowest BCUT2D eigenvalue weighted by Gasteiger charge is -2.71. The van der Waals surface area contributed by atoms with Crippen molar-refractivity contribution in [3.63, 3.8) is 0 Å². The number of esters is 1. The molecule has 4 aromatic rings. The number of benzene rings is 4. The van der Waals surface area contributed by atoms with Crippen LogP contribution >= 0.6 is 0 Å². The maximum absolute atomic E-state index is 14.6. The molecule has 10 rings (SSSR count). The van der Waals surface area contributed by atoms with Crippen molar-refractivity contribution >= 4 is 5.97 Å². The second-order valence-corrected chi connectivity index (χ2v) is 25.5. The standard InChI is InChI=1S/C65H84O8/c1-60(2)34-36-65(59(68)72-42-47-26-18-11-19-27-47)37-35-63(6)48(50(65)38-60)28-29-53-62(5)32-30-49(61(3,4)52(62)31-33-64(53,63)7)54(66)57-58(71-41-46-24-16-10-17-25-46)56(70-40-45-22-14-9-15-23-45)55(67)51(73-57)43-69-39-44-20-12-8-13-21-44/h8-28,49-58,66-67H,29-43H2,1-7H3/t49-,50?,51?,52?,53?,54?,55+,56?,57-,58?,62-,63+,64+,65-/m0/s1. The summed E-state index contributed by atoms with van der Waals surface area (Å²) in [7, 11) is 0. The highest BCUT2D eigenvalue weighted by Crippen LogP contribution is 2.76. The van der Waals surface area contributed by atoms with Crippen LogP contribution in [-0.4, -0.2) is 59.4 Å². The van der Waals surface area contributed by atoms with Crippen molar-refractivity contribution in [2.75, 3.05) is 6.61 Å². The van der Waals surface area contributed by atoms with E-state index in [0.29, 0.717) is 25.0 Å². The van der Waals surface area contributed by atoms with Gasteiger partial charge in [-0.2, -0.15) is 0 Å². The van der Waals surface area contributed by atoms with Crippen molar-refractivity contribution in [3.05, 3.63) is 155 Å². The zero-order valence-corrected chi connectivity index (χ0v) is 44.8. The minimum atomic E-state index is -1.07. The Morgan fingerprint density at radius 1 is 0.644 bits per heavy atom. The van der Waals surface area contributed by atoms with E-state index in [9.17, 15) is 15.0 Å². The van der Waals surface area contributed by atoms with Crippen LogP contribution in [0.15, 0.2) is 133 Å². The lowest BCUT2D eigenvalue weighted by molar-refractivity contribution is -0.289. The van der Waals surface area contributed by atoms with Crippen molar-refractivity contribution < 1.29 is 38.7 Å². The molecule has 1 heterocycles. The summed E-state index contributed by atoms with van der Waals surface area (Å²) in [5, 5.41) is 25.5. The summed E-state index contributed by atoms with van der Waals surface area (Å²) in [5.41, 5.74) is 5.01. The molecule has 0 amide bonds. The summed E-state index contributed by atoms with van der Waals surface area (Å²) < 4.78 is 33.3. The third-order valence-corrected chi connectivity index (χ3v) is 20.8. The van der Waals surface area contributed by atoms with Crippen LogP contribution < -0.4 is 0 Å². The Hall–Kier alpha value is -4.15. The monoisotopic (exact) mass is 993 g/mol. The van der Waals surface area contributed by atoms with E-state index in [0.717, 1.165) is 86.5 Å². The molecule has 7 unspecified atom stereocenters. The molecule has 1 saturated heterocycles. The number of carbonyl (C=O) groups excluding carboxylic acids is 1. The van der Waals surface area contributed by atoms with Crippen LogP contribution in [0.4, 0.5) is 0 Å². The molecule has 6 aliphatic rings. The van der Waals surface area contributed by atoms with Crippen LogP contribution in [0, 0.1) is 56.2 Å². The molecule has 392 valence electrons. The van der Waals surface area contributed by atoms with E-state index in [2.05, 4.69) is 54.5 Å². The average Bonchev–Trinajstić information content (AvgIpc) is 3.40. The molecule has 8 heteroatoms. The van der Waals surface area contributed by atoms with Gasteiger partial charge in [0.15, 0.2) is 0 Å². The topological polar surface area (TPSA) is 104 Å². The molecule has 5 aliphatic carbocycles. The molecule has 0 spiro atoms. The minimum Gasteiger partial charge on any atom is -0.460 e. The van der Waals surface area contributed by atoms with Gasteiger partial charge in [-0.3, -0.25) is 4.79 Å². The number of rotatable bonds is 15. The minimum absolute atomic E-state index is 0.00523. The van der Waals surface area contributed by atoms with Gasteiger partial charge < -0.3 is 33.9 Å². The van der Waals surface area contributed by atoms with Crippen molar-refractivity contribution in [3.8, 4) is 0 Å². The quantitative estimate of drug-likeness (QED) is 0.0897. The highest BCUT2D eigenvalue weighted by Gasteiger charge is 2.70. The van der Waals surface area contributed by atoms with E-state index < -0.39 is 42.0 Å². The second kappa shape index (κ2) is 20.8. The summed E-state index contributed by atoms with van der Waals surface area (Å²) in [5.74, 6) is 0.866. The van der Waals surface area contributed by atoms with Gasteiger partial charge in [-0.05, 0) is 137 Å². The van der Waals surface area contributed by atoms with E-state index in [-0.39, 0.29) is 64.7 Å². The number of aliphatic hydroxyl groups excluding tert-OH is 2. The van der Waals surface area contributed by atoms with Gasteiger partial charge in [0.05, 0.1) is 37.9 Å². The van der Waals surface area contributed by atoms with Crippen LogP contribution in [0.2, 0.25) is 0 Å². The summed E-state index contributed by atoms with van der Waals surface area (Å²) in [6, 6.07) is 40.3. The molecule has 8 nitrogen and oxygen atoms in total. The number of carbonyl (C=O) groups is 1. The number of fused-ring (bicyclic) bond motifs is 7. The molecule has 0 bridgehead atoms. The van der Waals surface area contributed by atoms with Crippen LogP contribution in [0.25, 0.3) is 0 Å². The Morgan fingerprint density at radius 2 is 1.19 bits per heavy atom. The van der Waals surface area contributed by atoms with Gasteiger partial charge in [-0.15, -0.1) is 0 Å². The Morgan fingerprint density at radius 3 is 1.79 bits per heavy atom. The van der Waals surface area contributed by atoms with E-state index in [4.69, 9.17) is 23.7 Å². The zero-order chi connectivity index (χ0) is 51.2. The largest absolute Gasteiger partial charge is 0.460 e. The van der Waals surface area contributed by atoms with Gasteiger partial charge in [-0.25, -0.2) is 0 Å². The second-order valence-electron chi connectivity index (χ2n) is 25.5. The van der Waals surface area contributed by atoms with E-state index >= 15 is 0 Å². The van der Waals surface area contributed by atoms with E-state index in [1.165, 1.54) is 5.57 Å². The number of ether oxygens (including phenoxy) is 5. The van der Waals surface area contributed by atoms with Crippen LogP contribution in [0.1, 0.15) is 135 Å². The zero-order valence-electron chi connectivity index (χ0n) is 44.8. The van der Waals surface area contributed by atoms with Crippen molar-refractivity contribution in [1.82, 2.24) is 0 Å². The van der Waals surface area contributed by atoms with Crippen LogP contribution in [0.5, 0.6) is 0 Å². The van der Waals surface area contributed by atoms with Gasteiger partial charge >= 0.3 is 5.97 Å². The molecule has 73 heavy (non-hydrogen) atoms. The summed E-state index contributed by atoms with van der Waals surface area (Å²) in [6.07, 6.45) is 7.36. The summed E-state index contributed by atoms with van der Waals surface area (Å²) in [6.45, 7) is 18.8. The molecular weight excluding hydrogens is 909 g/mol. The van der Waals surface area contributed by atoms with Gasteiger partial charge in [0.25, 0.3) is 0 Å². The van der Waals surface area contributed by atoms with Crippen LogP contribution in [-0.2, 0) is 54.9 Å². The van der Waals surface area contributed by atoms with Crippen molar-refractivity contribution in [2.24, 2.45) is 56.2 Å². The highest BCUT2D eigenvalue weighted by atomic mass is 16.6. The Kier molecular flexibility index (Phi) is 14.9. The number of allylic oxidation sites excluding steroid dienone is 2.